The second-order valence-corrected chi connectivity index (χ2v) is 4.43. The first-order chi connectivity index (χ1) is 10.1. The predicted octanol–water partition coefficient (Wildman–Crippen LogP) is 2.51. The molecule has 104 valence electrons. The molecule has 2 heterocycles. The van der Waals surface area contributed by atoms with Crippen LogP contribution in [0.5, 0.6) is 0 Å². The molecular weight excluding hydrogens is 269 g/mol. The van der Waals surface area contributed by atoms with E-state index < -0.39 is 0 Å². The average Bonchev–Trinajstić information content (AvgIpc) is 2.51. The standard InChI is InChI=1S/C15H12FN5/c16-11-3-1-9(2-4-11)12-13(10-5-7-19-8-6-10)21-15(18)14(17)20-12/h1-8H,(H2,17,20)(H2,18,21). The fourth-order valence-corrected chi connectivity index (χ4v) is 1.98. The number of benzene rings is 1. The largest absolute Gasteiger partial charge is 0.381 e. The third-order valence-corrected chi connectivity index (χ3v) is 3.02. The summed E-state index contributed by atoms with van der Waals surface area (Å²) in [6, 6.07) is 9.57. The van der Waals surface area contributed by atoms with Crippen LogP contribution in [0.1, 0.15) is 0 Å². The molecule has 3 aromatic rings. The third-order valence-electron chi connectivity index (χ3n) is 3.02. The minimum Gasteiger partial charge on any atom is -0.381 e. The fraction of sp³-hybridized carbons (Fsp3) is 0. The van der Waals surface area contributed by atoms with Crippen LogP contribution in [0.4, 0.5) is 16.0 Å². The Labute approximate surface area is 120 Å². The van der Waals surface area contributed by atoms with Gasteiger partial charge in [-0.15, -0.1) is 0 Å². The first kappa shape index (κ1) is 13.0. The molecule has 0 bridgehead atoms. The Kier molecular flexibility index (Phi) is 3.19. The zero-order valence-electron chi connectivity index (χ0n) is 11.0. The van der Waals surface area contributed by atoms with E-state index >= 15 is 0 Å². The van der Waals surface area contributed by atoms with E-state index in [4.69, 9.17) is 11.5 Å². The van der Waals surface area contributed by atoms with Gasteiger partial charge in [0.25, 0.3) is 0 Å². The molecule has 4 N–H and O–H groups in total. The van der Waals surface area contributed by atoms with Gasteiger partial charge in [-0.1, -0.05) is 0 Å². The van der Waals surface area contributed by atoms with Crippen LogP contribution in [0.3, 0.4) is 0 Å². The van der Waals surface area contributed by atoms with Crippen molar-refractivity contribution in [3.05, 3.63) is 54.6 Å². The van der Waals surface area contributed by atoms with E-state index in [0.717, 1.165) is 5.56 Å². The third kappa shape index (κ3) is 2.51. The molecule has 2 aromatic heterocycles. The number of halogens is 1. The molecule has 0 spiro atoms. The highest BCUT2D eigenvalue weighted by atomic mass is 19.1. The van der Waals surface area contributed by atoms with Gasteiger partial charge in [0.05, 0.1) is 11.4 Å². The second kappa shape index (κ2) is 5.16. The topological polar surface area (TPSA) is 90.7 Å². The molecule has 0 radical (unpaired) electrons. The number of rotatable bonds is 2. The molecule has 0 aliphatic carbocycles. The predicted molar refractivity (Wildman–Crippen MR) is 79.5 cm³/mol. The lowest BCUT2D eigenvalue weighted by molar-refractivity contribution is 0.628. The van der Waals surface area contributed by atoms with Gasteiger partial charge in [0.2, 0.25) is 0 Å². The minimum atomic E-state index is -0.319. The molecule has 0 aliphatic heterocycles. The van der Waals surface area contributed by atoms with Crippen molar-refractivity contribution < 1.29 is 4.39 Å². The summed E-state index contributed by atoms with van der Waals surface area (Å²) < 4.78 is 13.1. The summed E-state index contributed by atoms with van der Waals surface area (Å²) in [5, 5.41) is 0. The normalized spacial score (nSPS) is 10.5. The van der Waals surface area contributed by atoms with Crippen LogP contribution in [-0.2, 0) is 0 Å². The van der Waals surface area contributed by atoms with Gasteiger partial charge in [0.15, 0.2) is 11.6 Å². The van der Waals surface area contributed by atoms with Crippen LogP contribution in [0.25, 0.3) is 22.5 Å². The van der Waals surface area contributed by atoms with E-state index in [1.807, 2.05) is 0 Å². The van der Waals surface area contributed by atoms with Gasteiger partial charge in [-0.25, -0.2) is 14.4 Å². The number of aromatic nitrogens is 3. The van der Waals surface area contributed by atoms with Gasteiger partial charge < -0.3 is 11.5 Å². The lowest BCUT2D eigenvalue weighted by Crippen LogP contribution is -2.04. The van der Waals surface area contributed by atoms with Crippen molar-refractivity contribution in [1.29, 1.82) is 0 Å². The maximum absolute atomic E-state index is 13.1. The molecule has 0 unspecified atom stereocenters. The summed E-state index contributed by atoms with van der Waals surface area (Å²) in [6.07, 6.45) is 3.30. The van der Waals surface area contributed by atoms with Crippen LogP contribution in [-0.4, -0.2) is 15.0 Å². The van der Waals surface area contributed by atoms with Crippen molar-refractivity contribution in [2.45, 2.75) is 0 Å². The summed E-state index contributed by atoms with van der Waals surface area (Å²) in [5.41, 5.74) is 14.2. The second-order valence-electron chi connectivity index (χ2n) is 4.43. The Bertz CT molecular complexity index is 772. The molecule has 1 aromatic carbocycles. The Morgan fingerprint density at radius 2 is 1.19 bits per heavy atom. The van der Waals surface area contributed by atoms with Crippen molar-refractivity contribution in [3.8, 4) is 22.5 Å². The van der Waals surface area contributed by atoms with E-state index in [9.17, 15) is 4.39 Å². The Hall–Kier alpha value is -3.02. The summed E-state index contributed by atoms with van der Waals surface area (Å²) in [7, 11) is 0. The smallest absolute Gasteiger partial charge is 0.166 e. The SMILES string of the molecule is Nc1nc(-c2ccncc2)c(-c2ccc(F)cc2)nc1N. The minimum absolute atomic E-state index is 0.145. The van der Waals surface area contributed by atoms with Crippen LogP contribution >= 0.6 is 0 Å². The maximum atomic E-state index is 13.1. The van der Waals surface area contributed by atoms with Gasteiger partial charge in [-0.3, -0.25) is 4.98 Å². The summed E-state index contributed by atoms with van der Waals surface area (Å²) in [4.78, 5) is 12.6. The van der Waals surface area contributed by atoms with Gasteiger partial charge in [0.1, 0.15) is 5.82 Å². The van der Waals surface area contributed by atoms with Gasteiger partial charge >= 0.3 is 0 Å². The van der Waals surface area contributed by atoms with Crippen LogP contribution in [0, 0.1) is 5.82 Å². The number of pyridine rings is 1. The number of nitrogen functional groups attached to an aromatic ring is 2. The van der Waals surface area contributed by atoms with Crippen molar-refractivity contribution in [1.82, 2.24) is 15.0 Å². The van der Waals surface area contributed by atoms with Gasteiger partial charge in [-0.2, -0.15) is 0 Å². The van der Waals surface area contributed by atoms with E-state index in [1.54, 1.807) is 36.7 Å². The molecule has 3 rings (SSSR count). The average molecular weight is 281 g/mol. The molecule has 21 heavy (non-hydrogen) atoms. The molecule has 6 heteroatoms. The zero-order chi connectivity index (χ0) is 14.8. The van der Waals surface area contributed by atoms with Crippen LogP contribution in [0.2, 0.25) is 0 Å². The quantitative estimate of drug-likeness (QED) is 0.753. The van der Waals surface area contributed by atoms with Crippen molar-refractivity contribution in [2.75, 3.05) is 11.5 Å². The van der Waals surface area contributed by atoms with E-state index in [1.165, 1.54) is 12.1 Å². The maximum Gasteiger partial charge on any atom is 0.166 e. The number of hydrogen-bond donors (Lipinski definition) is 2. The highest BCUT2D eigenvalue weighted by Gasteiger charge is 2.14. The van der Waals surface area contributed by atoms with E-state index in [0.29, 0.717) is 17.0 Å². The monoisotopic (exact) mass is 281 g/mol. The van der Waals surface area contributed by atoms with Gasteiger partial charge in [0, 0.05) is 23.5 Å². The van der Waals surface area contributed by atoms with E-state index in [-0.39, 0.29) is 17.5 Å². The van der Waals surface area contributed by atoms with Crippen molar-refractivity contribution in [2.24, 2.45) is 0 Å². The molecule has 0 aliphatic rings. The number of nitrogens with zero attached hydrogens (tertiary/aromatic N) is 3. The van der Waals surface area contributed by atoms with Crippen molar-refractivity contribution in [3.63, 3.8) is 0 Å². The van der Waals surface area contributed by atoms with Gasteiger partial charge in [-0.05, 0) is 36.4 Å². The van der Waals surface area contributed by atoms with Crippen LogP contribution < -0.4 is 11.5 Å². The van der Waals surface area contributed by atoms with Crippen molar-refractivity contribution >= 4 is 11.6 Å². The molecule has 0 saturated heterocycles. The number of anilines is 2. The summed E-state index contributed by atoms with van der Waals surface area (Å²) in [6.45, 7) is 0. The Balaban J connectivity index is 2.24. The lowest BCUT2D eigenvalue weighted by Gasteiger charge is -2.10. The van der Waals surface area contributed by atoms with Crippen LogP contribution in [0.15, 0.2) is 48.8 Å². The Morgan fingerprint density at radius 3 is 1.71 bits per heavy atom. The summed E-state index contributed by atoms with van der Waals surface area (Å²) in [5.74, 6) is -0.0135. The lowest BCUT2D eigenvalue weighted by atomic mass is 10.0. The molecule has 5 nitrogen and oxygen atoms in total. The highest BCUT2D eigenvalue weighted by molar-refractivity contribution is 5.80. The molecule has 0 saturated carbocycles. The first-order valence-electron chi connectivity index (χ1n) is 6.24. The zero-order valence-corrected chi connectivity index (χ0v) is 11.0. The Morgan fingerprint density at radius 1 is 0.714 bits per heavy atom. The summed E-state index contributed by atoms with van der Waals surface area (Å²) >= 11 is 0. The number of hydrogen-bond acceptors (Lipinski definition) is 5. The molecular formula is C15H12FN5. The fourth-order valence-electron chi connectivity index (χ4n) is 1.98. The van der Waals surface area contributed by atoms with E-state index in [2.05, 4.69) is 15.0 Å². The number of nitrogens with two attached hydrogens (primary N) is 2. The first-order valence-corrected chi connectivity index (χ1v) is 6.24. The highest BCUT2D eigenvalue weighted by Crippen LogP contribution is 2.31. The molecule has 0 fully saturated rings. The molecule has 0 amide bonds. The molecule has 0 atom stereocenters.